The molecule has 0 unspecified atom stereocenters. The van der Waals surface area contributed by atoms with E-state index < -0.39 is 0 Å². The van der Waals surface area contributed by atoms with E-state index in [0.29, 0.717) is 29.0 Å². The highest BCUT2D eigenvalue weighted by atomic mass is 16.1. The van der Waals surface area contributed by atoms with Crippen LogP contribution >= 0.6 is 0 Å². The summed E-state index contributed by atoms with van der Waals surface area (Å²) < 4.78 is 0. The van der Waals surface area contributed by atoms with Gasteiger partial charge in [0.05, 0.1) is 40.9 Å². The van der Waals surface area contributed by atoms with Gasteiger partial charge < -0.3 is 10.6 Å². The van der Waals surface area contributed by atoms with Crippen molar-refractivity contribution in [3.05, 3.63) is 83.9 Å². The second-order valence-electron chi connectivity index (χ2n) is 5.25. The van der Waals surface area contributed by atoms with Gasteiger partial charge in [-0.1, -0.05) is 18.2 Å². The van der Waals surface area contributed by atoms with Gasteiger partial charge in [0.15, 0.2) is 0 Å². The van der Waals surface area contributed by atoms with Crippen LogP contribution in [0.15, 0.2) is 67.1 Å². The van der Waals surface area contributed by atoms with Crippen molar-refractivity contribution in [2.45, 2.75) is 6.54 Å². The van der Waals surface area contributed by atoms with Crippen LogP contribution in [0.5, 0.6) is 0 Å². The number of rotatable bonds is 5. The van der Waals surface area contributed by atoms with Gasteiger partial charge >= 0.3 is 0 Å². The van der Waals surface area contributed by atoms with Crippen LogP contribution in [0.3, 0.4) is 0 Å². The summed E-state index contributed by atoms with van der Waals surface area (Å²) in [6.45, 7) is 0.342. The molecule has 0 aliphatic carbocycles. The molecule has 122 valence electrons. The van der Waals surface area contributed by atoms with Crippen molar-refractivity contribution in [2.75, 3.05) is 5.32 Å². The molecule has 0 saturated heterocycles. The molecule has 2 heterocycles. The number of nitriles is 1. The van der Waals surface area contributed by atoms with E-state index in [2.05, 4.69) is 26.7 Å². The molecule has 6 nitrogen and oxygen atoms in total. The molecule has 0 saturated carbocycles. The van der Waals surface area contributed by atoms with Crippen LogP contribution < -0.4 is 10.6 Å². The van der Waals surface area contributed by atoms with Gasteiger partial charge in [0.2, 0.25) is 0 Å². The number of amides is 1. The molecule has 6 heteroatoms. The first kappa shape index (κ1) is 16.1. The molecule has 2 aromatic heterocycles. The van der Waals surface area contributed by atoms with Crippen molar-refractivity contribution in [3.63, 3.8) is 0 Å². The standard InChI is InChI=1S/C19H15N5O/c20-10-14-5-1-2-7-18(14)24-17-9-15(11-21-12-17)19(25)23-13-16-6-3-4-8-22-16/h1-9,11-12,24H,13H2,(H,23,25). The summed E-state index contributed by atoms with van der Waals surface area (Å²) >= 11 is 0. The number of carbonyl (C=O) groups is 1. The van der Waals surface area contributed by atoms with Gasteiger partial charge in [-0.2, -0.15) is 5.26 Å². The van der Waals surface area contributed by atoms with Crippen molar-refractivity contribution in [1.29, 1.82) is 5.26 Å². The molecule has 0 aliphatic rings. The smallest absolute Gasteiger partial charge is 0.253 e. The monoisotopic (exact) mass is 329 g/mol. The minimum atomic E-state index is -0.240. The molecule has 1 aromatic carbocycles. The van der Waals surface area contributed by atoms with Crippen molar-refractivity contribution in [3.8, 4) is 6.07 Å². The highest BCUT2D eigenvalue weighted by Gasteiger charge is 2.08. The zero-order chi connectivity index (χ0) is 17.5. The van der Waals surface area contributed by atoms with Crippen molar-refractivity contribution in [2.24, 2.45) is 0 Å². The maximum atomic E-state index is 12.3. The number of hydrogen-bond donors (Lipinski definition) is 2. The van der Waals surface area contributed by atoms with Gasteiger partial charge in [0.25, 0.3) is 5.91 Å². The lowest BCUT2D eigenvalue weighted by Crippen LogP contribution is -2.23. The maximum Gasteiger partial charge on any atom is 0.253 e. The first-order chi connectivity index (χ1) is 12.3. The predicted molar refractivity (Wildman–Crippen MR) is 94.1 cm³/mol. The topological polar surface area (TPSA) is 90.7 Å². The summed E-state index contributed by atoms with van der Waals surface area (Å²) in [5.41, 5.74) is 3.02. The fourth-order valence-corrected chi connectivity index (χ4v) is 2.25. The molecule has 0 radical (unpaired) electrons. The van der Waals surface area contributed by atoms with Gasteiger partial charge in [-0.3, -0.25) is 14.8 Å². The Labute approximate surface area is 145 Å². The average molecular weight is 329 g/mol. The normalized spacial score (nSPS) is 9.88. The van der Waals surface area contributed by atoms with Gasteiger partial charge in [0, 0.05) is 12.4 Å². The molecular weight excluding hydrogens is 314 g/mol. The quantitative estimate of drug-likeness (QED) is 0.751. The zero-order valence-corrected chi connectivity index (χ0v) is 13.3. The van der Waals surface area contributed by atoms with Crippen LogP contribution in [0.1, 0.15) is 21.6 Å². The Hall–Kier alpha value is -3.72. The number of hydrogen-bond acceptors (Lipinski definition) is 5. The van der Waals surface area contributed by atoms with Gasteiger partial charge in [-0.25, -0.2) is 0 Å². The second kappa shape index (κ2) is 7.70. The Bertz CT molecular complexity index is 918. The number of nitrogens with zero attached hydrogens (tertiary/aromatic N) is 3. The van der Waals surface area contributed by atoms with Crippen LogP contribution in [0.2, 0.25) is 0 Å². The number of para-hydroxylation sites is 1. The highest BCUT2D eigenvalue weighted by Crippen LogP contribution is 2.20. The largest absolute Gasteiger partial charge is 0.353 e. The number of nitrogens with one attached hydrogen (secondary N) is 2. The predicted octanol–water partition coefficient (Wildman–Crippen LogP) is 3.02. The van der Waals surface area contributed by atoms with Crippen molar-refractivity contribution < 1.29 is 4.79 Å². The summed E-state index contributed by atoms with van der Waals surface area (Å²) in [4.78, 5) is 20.5. The Morgan fingerprint density at radius 3 is 2.76 bits per heavy atom. The Morgan fingerprint density at radius 1 is 1.12 bits per heavy atom. The summed E-state index contributed by atoms with van der Waals surface area (Å²) in [5, 5.41) is 15.1. The number of pyridine rings is 2. The minimum absolute atomic E-state index is 0.240. The summed E-state index contributed by atoms with van der Waals surface area (Å²) in [5.74, 6) is -0.240. The molecule has 0 atom stereocenters. The lowest BCUT2D eigenvalue weighted by molar-refractivity contribution is 0.0950. The maximum absolute atomic E-state index is 12.3. The van der Waals surface area contributed by atoms with Crippen LogP contribution in [0, 0.1) is 11.3 Å². The van der Waals surface area contributed by atoms with E-state index in [-0.39, 0.29) is 5.91 Å². The number of anilines is 2. The van der Waals surface area contributed by atoms with Crippen LogP contribution in [-0.2, 0) is 6.54 Å². The van der Waals surface area contributed by atoms with E-state index in [9.17, 15) is 4.79 Å². The van der Waals surface area contributed by atoms with Gasteiger partial charge in [-0.15, -0.1) is 0 Å². The first-order valence-electron chi connectivity index (χ1n) is 7.65. The Balaban J connectivity index is 1.71. The lowest BCUT2D eigenvalue weighted by atomic mass is 10.2. The molecule has 25 heavy (non-hydrogen) atoms. The molecule has 3 rings (SSSR count). The van der Waals surface area contributed by atoms with E-state index in [0.717, 1.165) is 5.69 Å². The summed E-state index contributed by atoms with van der Waals surface area (Å²) in [7, 11) is 0. The molecule has 0 aliphatic heterocycles. The minimum Gasteiger partial charge on any atom is -0.353 e. The number of aromatic nitrogens is 2. The fraction of sp³-hybridized carbons (Fsp3) is 0.0526. The molecule has 0 spiro atoms. The van der Waals surface area contributed by atoms with E-state index in [1.165, 1.54) is 6.20 Å². The third-order valence-electron chi connectivity index (χ3n) is 3.48. The highest BCUT2D eigenvalue weighted by molar-refractivity contribution is 5.94. The molecule has 0 fully saturated rings. The van der Waals surface area contributed by atoms with E-state index in [1.54, 1.807) is 36.7 Å². The second-order valence-corrected chi connectivity index (χ2v) is 5.25. The van der Waals surface area contributed by atoms with E-state index in [1.807, 2.05) is 24.3 Å². The van der Waals surface area contributed by atoms with Crippen LogP contribution in [-0.4, -0.2) is 15.9 Å². The van der Waals surface area contributed by atoms with Crippen molar-refractivity contribution in [1.82, 2.24) is 15.3 Å². The number of benzene rings is 1. The lowest BCUT2D eigenvalue weighted by Gasteiger charge is -2.09. The van der Waals surface area contributed by atoms with Crippen LogP contribution in [0.4, 0.5) is 11.4 Å². The average Bonchev–Trinajstić information content (AvgIpc) is 2.67. The zero-order valence-electron chi connectivity index (χ0n) is 13.3. The third kappa shape index (κ3) is 4.18. The van der Waals surface area contributed by atoms with Crippen LogP contribution in [0.25, 0.3) is 0 Å². The Kier molecular flexibility index (Phi) is 4.98. The Morgan fingerprint density at radius 2 is 1.96 bits per heavy atom. The molecule has 3 aromatic rings. The van der Waals surface area contributed by atoms with E-state index in [4.69, 9.17) is 5.26 Å². The van der Waals surface area contributed by atoms with Crippen molar-refractivity contribution >= 4 is 17.3 Å². The summed E-state index contributed by atoms with van der Waals surface area (Å²) in [6.07, 6.45) is 4.78. The molecule has 2 N–H and O–H groups in total. The third-order valence-corrected chi connectivity index (χ3v) is 3.48. The fourth-order valence-electron chi connectivity index (χ4n) is 2.25. The SMILES string of the molecule is N#Cc1ccccc1Nc1cncc(C(=O)NCc2ccccn2)c1. The first-order valence-corrected chi connectivity index (χ1v) is 7.65. The van der Waals surface area contributed by atoms with Gasteiger partial charge in [0.1, 0.15) is 6.07 Å². The van der Waals surface area contributed by atoms with E-state index >= 15 is 0 Å². The molecule has 1 amide bonds. The molecular formula is C19H15N5O. The number of carbonyl (C=O) groups excluding carboxylic acids is 1. The summed E-state index contributed by atoms with van der Waals surface area (Å²) in [6, 6.07) is 16.5. The van der Waals surface area contributed by atoms with Gasteiger partial charge in [-0.05, 0) is 30.3 Å². The molecule has 0 bridgehead atoms.